The highest BCUT2D eigenvalue weighted by atomic mass is 32.1. The Bertz CT molecular complexity index is 1660. The van der Waals surface area contributed by atoms with E-state index in [0.717, 1.165) is 69.4 Å². The van der Waals surface area contributed by atoms with Gasteiger partial charge in [-0.2, -0.15) is 0 Å². The first kappa shape index (κ1) is 34.7. The van der Waals surface area contributed by atoms with Gasteiger partial charge in [-0.15, -0.1) is 11.3 Å². The van der Waals surface area contributed by atoms with Crippen LogP contribution in [0.5, 0.6) is 0 Å². The molecular weight excluding hydrogens is 639 g/mol. The molecule has 1 aliphatic heterocycles. The summed E-state index contributed by atoms with van der Waals surface area (Å²) in [5, 5.41) is 2.10. The van der Waals surface area contributed by atoms with Gasteiger partial charge in [0, 0.05) is 18.9 Å². The number of rotatable bonds is 5. The van der Waals surface area contributed by atoms with Crippen molar-refractivity contribution >= 4 is 23.2 Å². The maximum absolute atomic E-state index is 15.4. The maximum atomic E-state index is 15.4. The number of esters is 1. The van der Waals surface area contributed by atoms with Crippen LogP contribution in [0.1, 0.15) is 137 Å². The molecule has 6 nitrogen and oxygen atoms in total. The van der Waals surface area contributed by atoms with Gasteiger partial charge < -0.3 is 14.6 Å². The fourth-order valence-corrected chi connectivity index (χ4v) is 15.2. The third-order valence-electron chi connectivity index (χ3n) is 17.0. The fourth-order valence-electron chi connectivity index (χ4n) is 14.5. The van der Waals surface area contributed by atoms with Gasteiger partial charge in [0.15, 0.2) is 0 Å². The molecule has 2 aromatic heterocycles. The van der Waals surface area contributed by atoms with Crippen molar-refractivity contribution in [1.82, 2.24) is 14.9 Å². The fraction of sp³-hybridized carbons (Fsp3) is 0.744. The topological polar surface area (TPSA) is 75.3 Å². The molecular formula is C43H61N3O3S. The number of carbonyl (C=O) groups is 2. The minimum Gasteiger partial charge on any atom is -0.462 e. The van der Waals surface area contributed by atoms with E-state index in [1.54, 1.807) is 18.3 Å². The van der Waals surface area contributed by atoms with Crippen LogP contribution in [0.25, 0.3) is 10.6 Å². The molecule has 0 radical (unpaired) electrons. The van der Waals surface area contributed by atoms with Crippen LogP contribution in [-0.2, 0) is 14.3 Å². The van der Waals surface area contributed by atoms with Crippen molar-refractivity contribution in [1.29, 1.82) is 0 Å². The molecule has 0 bridgehead atoms. The summed E-state index contributed by atoms with van der Waals surface area (Å²) in [6, 6.07) is 4.24. The van der Waals surface area contributed by atoms with E-state index in [-0.39, 0.29) is 45.2 Å². The van der Waals surface area contributed by atoms with E-state index in [0.29, 0.717) is 35.5 Å². The van der Waals surface area contributed by atoms with Crippen molar-refractivity contribution in [3.8, 4) is 10.6 Å². The summed E-state index contributed by atoms with van der Waals surface area (Å²) >= 11 is 1.72. The van der Waals surface area contributed by atoms with Crippen LogP contribution in [0.15, 0.2) is 35.9 Å². The van der Waals surface area contributed by atoms with Crippen molar-refractivity contribution in [2.45, 2.75) is 138 Å². The summed E-state index contributed by atoms with van der Waals surface area (Å²) < 4.78 is 5.99. The molecule has 5 aliphatic carbocycles. The van der Waals surface area contributed by atoms with Gasteiger partial charge in [-0.05, 0) is 141 Å². The van der Waals surface area contributed by atoms with Gasteiger partial charge >= 0.3 is 5.97 Å². The molecule has 3 unspecified atom stereocenters. The predicted octanol–water partition coefficient (Wildman–Crippen LogP) is 10.4. The molecule has 2 aromatic rings. The number of nitrogens with one attached hydrogen (secondary N) is 1. The van der Waals surface area contributed by atoms with Gasteiger partial charge in [0.05, 0.1) is 28.2 Å². The van der Waals surface area contributed by atoms with Crippen molar-refractivity contribution in [2.75, 3.05) is 6.54 Å². The summed E-state index contributed by atoms with van der Waals surface area (Å²) in [5.41, 5.74) is 2.61. The summed E-state index contributed by atoms with van der Waals surface area (Å²) in [6.07, 6.45) is 15.2. The highest BCUT2D eigenvalue weighted by molar-refractivity contribution is 7.13. The first-order valence-corrected chi connectivity index (χ1v) is 20.8. The number of allylic oxidation sites excluding steroid dienone is 1. The van der Waals surface area contributed by atoms with E-state index in [1.807, 2.05) is 6.20 Å². The Balaban J connectivity index is 1.11. The van der Waals surface area contributed by atoms with Gasteiger partial charge in [-0.25, -0.2) is 4.98 Å². The lowest BCUT2D eigenvalue weighted by molar-refractivity contribution is -0.249. The Kier molecular flexibility index (Phi) is 8.18. The average molecular weight is 700 g/mol. The lowest BCUT2D eigenvalue weighted by Crippen LogP contribution is -2.67. The molecule has 6 fully saturated rings. The Labute approximate surface area is 304 Å². The molecule has 1 N–H and O–H groups in total. The monoisotopic (exact) mass is 699 g/mol. The van der Waals surface area contributed by atoms with Crippen molar-refractivity contribution < 1.29 is 14.3 Å². The summed E-state index contributed by atoms with van der Waals surface area (Å²) in [7, 11) is 0. The van der Waals surface area contributed by atoms with Crippen LogP contribution in [0.3, 0.4) is 0 Å². The number of hydrogen-bond donors (Lipinski definition) is 1. The number of amides is 1. The molecule has 8 rings (SSSR count). The number of aromatic nitrogens is 2. The Morgan fingerprint density at radius 3 is 2.46 bits per heavy atom. The first-order valence-electron chi connectivity index (χ1n) is 19.9. The molecule has 7 heteroatoms. The van der Waals surface area contributed by atoms with E-state index in [9.17, 15) is 4.79 Å². The van der Waals surface area contributed by atoms with Crippen molar-refractivity contribution in [3.05, 3.63) is 41.7 Å². The number of carbonyl (C=O) groups excluding carboxylic acids is 2. The molecule has 0 spiro atoms. The highest BCUT2D eigenvalue weighted by Gasteiger charge is 2.72. The van der Waals surface area contributed by atoms with Gasteiger partial charge in [0.1, 0.15) is 11.9 Å². The molecule has 1 amide bonds. The molecule has 50 heavy (non-hydrogen) atoms. The lowest BCUT2D eigenvalue weighted by Gasteiger charge is -2.73. The Morgan fingerprint density at radius 1 is 0.940 bits per heavy atom. The number of H-pyrrole nitrogens is 1. The summed E-state index contributed by atoms with van der Waals surface area (Å²) in [5.74, 6) is 3.68. The molecule has 0 aromatic carbocycles. The SMILES string of the molecule is C=C(C)[C@@H]1CC[C@]2(C(=O)N3CCC[C@H]3c3ncc(-c4cccs4)[nH]3)CC[C@]3(C)[C@H](CCC4[C@@]5(C)CC[C@H](OC(C)=O)C(C)(C)C5CC[C@]43C)C12. The zero-order valence-corrected chi connectivity index (χ0v) is 32.6. The summed E-state index contributed by atoms with van der Waals surface area (Å²) in [6.45, 7) is 22.0. The normalized spacial score (nSPS) is 43.3. The highest BCUT2D eigenvalue weighted by Crippen LogP contribution is 2.78. The van der Waals surface area contributed by atoms with Crippen LogP contribution in [0.4, 0.5) is 0 Å². The molecule has 5 saturated carbocycles. The number of thiophene rings is 1. The van der Waals surface area contributed by atoms with Crippen LogP contribution in [-0.4, -0.2) is 39.4 Å². The number of ether oxygens (including phenoxy) is 1. The maximum Gasteiger partial charge on any atom is 0.302 e. The van der Waals surface area contributed by atoms with E-state index in [1.165, 1.54) is 36.1 Å². The number of fused-ring (bicyclic) bond motifs is 7. The molecule has 1 saturated heterocycles. The van der Waals surface area contributed by atoms with Gasteiger partial charge in [0.2, 0.25) is 5.91 Å². The first-order chi connectivity index (χ1) is 23.7. The quantitative estimate of drug-likeness (QED) is 0.249. The van der Waals surface area contributed by atoms with Gasteiger partial charge in [-0.3, -0.25) is 9.59 Å². The van der Waals surface area contributed by atoms with Gasteiger partial charge in [0.25, 0.3) is 0 Å². The van der Waals surface area contributed by atoms with E-state index < -0.39 is 0 Å². The molecule has 11 atom stereocenters. The number of likely N-dealkylation sites (tertiary alicyclic amines) is 1. The third-order valence-corrected chi connectivity index (χ3v) is 17.9. The number of aromatic amines is 1. The molecule has 272 valence electrons. The van der Waals surface area contributed by atoms with Crippen LogP contribution in [0.2, 0.25) is 0 Å². The van der Waals surface area contributed by atoms with Crippen LogP contribution >= 0.6 is 11.3 Å². The number of imidazole rings is 1. The Morgan fingerprint density at radius 2 is 1.74 bits per heavy atom. The second kappa shape index (κ2) is 11.8. The van der Waals surface area contributed by atoms with Crippen molar-refractivity contribution in [2.24, 2.45) is 56.7 Å². The zero-order valence-electron chi connectivity index (χ0n) is 31.8. The number of nitrogens with zero attached hydrogens (tertiary/aromatic N) is 2. The summed E-state index contributed by atoms with van der Waals surface area (Å²) in [4.78, 5) is 39.4. The van der Waals surface area contributed by atoms with Crippen LogP contribution in [0, 0.1) is 56.7 Å². The second-order valence-electron chi connectivity index (χ2n) is 19.1. The molecule has 3 heterocycles. The average Bonchev–Trinajstić information content (AvgIpc) is 3.88. The standard InChI is InChI=1S/C43H61N3O3S/c1-26(2)28-15-20-43(38(48)46-23-9-11-31(46)37-44-25-30(45-37)32-12-10-24-50-32)22-21-41(7)29(36(28)43)13-14-34-40(6)18-17-35(49-27(3)47)39(4,5)33(40)16-19-42(34,41)8/h10,12,24-25,28-29,31,33-36H,1,9,11,13-23H2,2-8H3,(H,44,45)/t28-,29+,31-,33?,34?,35-,36?,40-,41+,42+,43-/m0/s1. The van der Waals surface area contributed by atoms with Gasteiger partial charge in [-0.1, -0.05) is 52.8 Å². The second-order valence-corrected chi connectivity index (χ2v) is 20.1. The van der Waals surface area contributed by atoms with Crippen LogP contribution < -0.4 is 0 Å². The zero-order chi connectivity index (χ0) is 35.4. The van der Waals surface area contributed by atoms with E-state index in [4.69, 9.17) is 9.72 Å². The van der Waals surface area contributed by atoms with E-state index >= 15 is 4.79 Å². The predicted molar refractivity (Wildman–Crippen MR) is 200 cm³/mol. The largest absolute Gasteiger partial charge is 0.462 e. The lowest BCUT2D eigenvalue weighted by atomic mass is 9.32. The minimum absolute atomic E-state index is 0.00310. The third kappa shape index (κ3) is 4.72. The number of hydrogen-bond acceptors (Lipinski definition) is 5. The van der Waals surface area contributed by atoms with Crippen molar-refractivity contribution in [3.63, 3.8) is 0 Å². The van der Waals surface area contributed by atoms with E-state index in [2.05, 4.69) is 75.5 Å². The smallest absolute Gasteiger partial charge is 0.302 e. The minimum atomic E-state index is -0.312. The Hall–Kier alpha value is -2.41. The molecule has 6 aliphatic rings.